The van der Waals surface area contributed by atoms with Crippen LogP contribution in [0.1, 0.15) is 65.8 Å². The number of hydrogen-bond donors (Lipinski definition) is 1. The Morgan fingerprint density at radius 1 is 1.10 bits per heavy atom. The highest BCUT2D eigenvalue weighted by atomic mass is 35.5. The number of aryl methyl sites for hydroxylation is 1. The highest BCUT2D eigenvalue weighted by molar-refractivity contribution is 6.30. The number of benzene rings is 1. The third-order valence-corrected chi connectivity index (χ3v) is 9.34. The van der Waals surface area contributed by atoms with Crippen molar-refractivity contribution in [1.29, 1.82) is 5.26 Å². The second-order valence-electron chi connectivity index (χ2n) is 11.5. The first kappa shape index (κ1) is 27.2. The summed E-state index contributed by atoms with van der Waals surface area (Å²) in [5.74, 6) is 0.439. The minimum absolute atomic E-state index is 0.0974. The summed E-state index contributed by atoms with van der Waals surface area (Å²) in [6.45, 7) is 3.90. The van der Waals surface area contributed by atoms with E-state index in [0.29, 0.717) is 60.4 Å². The standard InChI is InChI=1S/C32H33ClN6O2/c1-21-25(17-23(33)19-36-21)30(40)37-24-10-8-22(9-11-24)20-39-28-6-3-2-5-26(28)32(31(39)41)12-15-38(16-13-32)29-7-4-14-35-27(29)18-34/h2-7,14,17,19,22,24H,8-13,15-16,20H2,1H3,(H,37,40)/t22-,24-. The predicted octanol–water partition coefficient (Wildman–Crippen LogP) is 5.18. The van der Waals surface area contributed by atoms with Crippen LogP contribution in [-0.4, -0.2) is 47.5 Å². The van der Waals surface area contributed by atoms with Crippen molar-refractivity contribution in [1.82, 2.24) is 15.3 Å². The maximum Gasteiger partial charge on any atom is 0.253 e. The molecule has 1 saturated carbocycles. The van der Waals surface area contributed by atoms with E-state index in [-0.39, 0.29) is 17.9 Å². The zero-order valence-corrected chi connectivity index (χ0v) is 23.9. The monoisotopic (exact) mass is 568 g/mol. The van der Waals surface area contributed by atoms with E-state index in [1.807, 2.05) is 36.1 Å². The van der Waals surface area contributed by atoms with Gasteiger partial charge in [-0.05, 0) is 81.2 Å². The number of amides is 2. The van der Waals surface area contributed by atoms with Gasteiger partial charge in [-0.2, -0.15) is 5.26 Å². The number of carbonyl (C=O) groups excluding carboxylic acids is 2. The van der Waals surface area contributed by atoms with Gasteiger partial charge in [0.1, 0.15) is 6.07 Å². The Balaban J connectivity index is 1.11. The molecular formula is C32H33ClN6O2. The molecule has 1 saturated heterocycles. The Bertz CT molecular complexity index is 1520. The average molecular weight is 569 g/mol. The number of rotatable bonds is 5. The van der Waals surface area contributed by atoms with Crippen LogP contribution in [0.5, 0.6) is 0 Å². The molecule has 8 nitrogen and oxygen atoms in total. The van der Waals surface area contributed by atoms with Crippen molar-refractivity contribution >= 4 is 34.8 Å². The number of carbonyl (C=O) groups is 2. The summed E-state index contributed by atoms with van der Waals surface area (Å²) in [6, 6.07) is 16.0. The molecule has 1 N–H and O–H groups in total. The van der Waals surface area contributed by atoms with Gasteiger partial charge in [0.2, 0.25) is 5.91 Å². The van der Waals surface area contributed by atoms with Gasteiger partial charge in [0.15, 0.2) is 5.69 Å². The first-order chi connectivity index (χ1) is 19.9. The number of hydrogen-bond acceptors (Lipinski definition) is 6. The number of halogens is 1. The lowest BCUT2D eigenvalue weighted by Crippen LogP contribution is -2.50. The zero-order chi connectivity index (χ0) is 28.6. The van der Waals surface area contributed by atoms with Crippen LogP contribution < -0.4 is 15.1 Å². The molecule has 0 atom stereocenters. The predicted molar refractivity (Wildman–Crippen MR) is 158 cm³/mol. The molecule has 3 aromatic rings. The van der Waals surface area contributed by atoms with Crippen LogP contribution in [0, 0.1) is 24.2 Å². The van der Waals surface area contributed by atoms with Gasteiger partial charge in [-0.15, -0.1) is 0 Å². The second kappa shape index (κ2) is 11.1. The van der Waals surface area contributed by atoms with E-state index < -0.39 is 5.41 Å². The number of para-hydroxylation sites is 1. The quantitative estimate of drug-likeness (QED) is 0.455. The normalized spacial score (nSPS) is 21.4. The second-order valence-corrected chi connectivity index (χ2v) is 11.9. The first-order valence-corrected chi connectivity index (χ1v) is 14.7. The van der Waals surface area contributed by atoms with Crippen LogP contribution in [-0.2, 0) is 10.2 Å². The van der Waals surface area contributed by atoms with Gasteiger partial charge in [0.25, 0.3) is 5.91 Å². The van der Waals surface area contributed by atoms with Gasteiger partial charge in [0, 0.05) is 43.8 Å². The molecule has 210 valence electrons. The molecule has 2 fully saturated rings. The van der Waals surface area contributed by atoms with Crippen molar-refractivity contribution < 1.29 is 9.59 Å². The van der Waals surface area contributed by atoms with Gasteiger partial charge in [-0.25, -0.2) is 4.98 Å². The molecule has 1 spiro atoms. The molecule has 2 aliphatic heterocycles. The Labute approximate surface area is 245 Å². The Kier molecular flexibility index (Phi) is 7.39. The van der Waals surface area contributed by atoms with E-state index in [2.05, 4.69) is 38.4 Å². The van der Waals surface area contributed by atoms with E-state index >= 15 is 0 Å². The van der Waals surface area contributed by atoms with Crippen LogP contribution in [0.4, 0.5) is 11.4 Å². The summed E-state index contributed by atoms with van der Waals surface area (Å²) in [5, 5.41) is 13.1. The number of nitrogens with one attached hydrogen (secondary N) is 1. The molecular weight excluding hydrogens is 536 g/mol. The topological polar surface area (TPSA) is 102 Å². The summed E-state index contributed by atoms with van der Waals surface area (Å²) in [6.07, 6.45) is 8.24. The summed E-state index contributed by atoms with van der Waals surface area (Å²) in [7, 11) is 0. The molecule has 1 aromatic carbocycles. The lowest BCUT2D eigenvalue weighted by Gasteiger charge is -2.40. The van der Waals surface area contributed by atoms with E-state index in [0.717, 1.165) is 42.6 Å². The lowest BCUT2D eigenvalue weighted by molar-refractivity contribution is -0.124. The number of pyridine rings is 2. The van der Waals surface area contributed by atoms with E-state index in [1.165, 1.54) is 0 Å². The lowest BCUT2D eigenvalue weighted by atomic mass is 9.73. The fourth-order valence-electron chi connectivity index (χ4n) is 6.88. The van der Waals surface area contributed by atoms with Crippen molar-refractivity contribution in [3.05, 3.63) is 82.4 Å². The number of nitriles is 1. The molecule has 6 rings (SSSR count). The third-order valence-electron chi connectivity index (χ3n) is 9.14. The smallest absolute Gasteiger partial charge is 0.253 e. The summed E-state index contributed by atoms with van der Waals surface area (Å²) in [4.78, 5) is 39.7. The van der Waals surface area contributed by atoms with Crippen molar-refractivity contribution in [3.63, 3.8) is 0 Å². The molecule has 41 heavy (non-hydrogen) atoms. The minimum Gasteiger partial charge on any atom is -0.369 e. The molecule has 0 radical (unpaired) electrons. The van der Waals surface area contributed by atoms with Crippen LogP contribution in [0.15, 0.2) is 54.9 Å². The first-order valence-electron chi connectivity index (χ1n) is 14.3. The Hall–Kier alpha value is -3.96. The maximum atomic E-state index is 14.2. The average Bonchev–Trinajstić information content (AvgIpc) is 3.22. The number of piperidine rings is 1. The molecule has 4 heterocycles. The number of anilines is 2. The van der Waals surface area contributed by atoms with Gasteiger partial charge in [-0.3, -0.25) is 14.6 Å². The van der Waals surface area contributed by atoms with Gasteiger partial charge >= 0.3 is 0 Å². The Morgan fingerprint density at radius 2 is 1.83 bits per heavy atom. The summed E-state index contributed by atoms with van der Waals surface area (Å²) < 4.78 is 0. The van der Waals surface area contributed by atoms with Crippen molar-refractivity contribution in [2.45, 2.75) is 56.9 Å². The molecule has 2 aromatic heterocycles. The molecule has 9 heteroatoms. The zero-order valence-electron chi connectivity index (χ0n) is 23.1. The van der Waals surface area contributed by atoms with Crippen LogP contribution in [0.3, 0.4) is 0 Å². The number of fused-ring (bicyclic) bond motifs is 2. The fourth-order valence-corrected chi connectivity index (χ4v) is 7.03. The van der Waals surface area contributed by atoms with Crippen LogP contribution in [0.2, 0.25) is 5.02 Å². The summed E-state index contributed by atoms with van der Waals surface area (Å²) >= 11 is 6.06. The molecule has 0 bridgehead atoms. The van der Waals surface area contributed by atoms with Crippen molar-refractivity contribution in [3.8, 4) is 6.07 Å². The maximum absolute atomic E-state index is 14.2. The largest absolute Gasteiger partial charge is 0.369 e. The van der Waals surface area contributed by atoms with E-state index in [9.17, 15) is 14.9 Å². The molecule has 0 unspecified atom stereocenters. The minimum atomic E-state index is -0.532. The van der Waals surface area contributed by atoms with Crippen molar-refractivity contribution in [2.75, 3.05) is 29.4 Å². The molecule has 2 amide bonds. The number of aromatic nitrogens is 2. The van der Waals surface area contributed by atoms with Gasteiger partial charge < -0.3 is 15.1 Å². The highest BCUT2D eigenvalue weighted by Crippen LogP contribution is 2.49. The van der Waals surface area contributed by atoms with Gasteiger partial charge in [-0.1, -0.05) is 29.8 Å². The van der Waals surface area contributed by atoms with E-state index in [1.54, 1.807) is 18.5 Å². The SMILES string of the molecule is Cc1ncc(Cl)cc1C(=O)N[C@H]1CC[C@H](CN2C(=O)C3(CCN(c4cccnc4C#N)CC3)c3ccccc32)CC1. The van der Waals surface area contributed by atoms with Gasteiger partial charge in [0.05, 0.1) is 27.4 Å². The van der Waals surface area contributed by atoms with E-state index in [4.69, 9.17) is 11.6 Å². The summed E-state index contributed by atoms with van der Waals surface area (Å²) in [5.41, 5.74) is 4.07. The Morgan fingerprint density at radius 3 is 2.59 bits per heavy atom. The van der Waals surface area contributed by atoms with Crippen LogP contribution in [0.25, 0.3) is 0 Å². The fraction of sp³-hybridized carbons (Fsp3) is 0.406. The van der Waals surface area contributed by atoms with Crippen molar-refractivity contribution in [2.24, 2.45) is 5.92 Å². The molecule has 3 aliphatic rings. The highest BCUT2D eigenvalue weighted by Gasteiger charge is 2.52. The molecule has 1 aliphatic carbocycles. The number of nitrogens with zero attached hydrogens (tertiary/aromatic N) is 5. The third kappa shape index (κ3) is 5.04. The van der Waals surface area contributed by atoms with Crippen LogP contribution >= 0.6 is 11.6 Å².